The van der Waals surface area contributed by atoms with Gasteiger partial charge >= 0.3 is 0 Å². The van der Waals surface area contributed by atoms with Crippen LogP contribution in [-0.2, 0) is 11.2 Å². The minimum Gasteiger partial charge on any atom is -0.376 e. The molecule has 2 aromatic rings. The fourth-order valence-electron chi connectivity index (χ4n) is 3.80. The van der Waals surface area contributed by atoms with E-state index in [0.717, 1.165) is 37.1 Å². The molecule has 2 aliphatic heterocycles. The van der Waals surface area contributed by atoms with Crippen molar-refractivity contribution in [3.8, 4) is 0 Å². The molecule has 0 radical (unpaired) electrons. The molecule has 0 bridgehead atoms. The second-order valence-corrected chi connectivity index (χ2v) is 7.13. The molecule has 0 aliphatic carbocycles. The van der Waals surface area contributed by atoms with Gasteiger partial charge in [0.25, 0.3) is 11.8 Å². The lowest BCUT2D eigenvalue weighted by Crippen LogP contribution is -2.36. The molecule has 27 heavy (non-hydrogen) atoms. The molecule has 0 spiro atoms. The highest BCUT2D eigenvalue weighted by atomic mass is 16.5. The Hall–Kier alpha value is -2.73. The van der Waals surface area contributed by atoms with E-state index >= 15 is 0 Å². The van der Waals surface area contributed by atoms with E-state index in [9.17, 15) is 9.59 Å². The summed E-state index contributed by atoms with van der Waals surface area (Å²) in [6.45, 7) is 3.26. The van der Waals surface area contributed by atoms with E-state index in [1.54, 1.807) is 17.0 Å². The first-order valence-electron chi connectivity index (χ1n) is 9.41. The lowest BCUT2D eigenvalue weighted by Gasteiger charge is -2.22. The van der Waals surface area contributed by atoms with E-state index in [4.69, 9.17) is 4.74 Å². The van der Waals surface area contributed by atoms with Crippen molar-refractivity contribution in [3.05, 3.63) is 59.4 Å². The smallest absolute Gasteiger partial charge is 0.277 e. The van der Waals surface area contributed by atoms with Gasteiger partial charge in [0.05, 0.1) is 6.10 Å². The molecule has 2 unspecified atom stereocenters. The van der Waals surface area contributed by atoms with Gasteiger partial charge in [-0.15, -0.1) is 0 Å². The summed E-state index contributed by atoms with van der Waals surface area (Å²) in [5.74, 6) is -0.391. The average molecular weight is 365 g/mol. The number of carbonyl (C=O) groups excluding carboxylic acids is 2. The monoisotopic (exact) mass is 365 g/mol. The lowest BCUT2D eigenvalue weighted by atomic mass is 10.1. The molecule has 2 aliphatic rings. The Labute approximate surface area is 158 Å². The number of ether oxygens (including phenoxy) is 1. The van der Waals surface area contributed by atoms with Gasteiger partial charge in [0.1, 0.15) is 5.69 Å². The highest BCUT2D eigenvalue weighted by molar-refractivity contribution is 6.07. The summed E-state index contributed by atoms with van der Waals surface area (Å²) in [7, 11) is 0. The second-order valence-electron chi connectivity index (χ2n) is 7.13. The Balaban J connectivity index is 1.50. The lowest BCUT2D eigenvalue weighted by molar-refractivity contribution is 0.0857. The number of hydrogen-bond donors (Lipinski definition) is 1. The molecule has 2 atom stereocenters. The van der Waals surface area contributed by atoms with Gasteiger partial charge in [-0.1, -0.05) is 18.2 Å². The molecule has 0 saturated carbocycles. The summed E-state index contributed by atoms with van der Waals surface area (Å²) in [5, 5.41) is 2.88. The van der Waals surface area contributed by atoms with Crippen LogP contribution in [0.3, 0.4) is 0 Å². The number of amides is 2. The van der Waals surface area contributed by atoms with Crippen molar-refractivity contribution in [1.82, 2.24) is 10.3 Å². The summed E-state index contributed by atoms with van der Waals surface area (Å²) in [4.78, 5) is 31.5. The second kappa shape index (κ2) is 7.48. The molecule has 1 aromatic heterocycles. The minimum atomic E-state index is -0.211. The van der Waals surface area contributed by atoms with Crippen molar-refractivity contribution in [2.45, 2.75) is 38.3 Å². The first-order chi connectivity index (χ1) is 13.1. The number of carbonyl (C=O) groups is 2. The summed E-state index contributed by atoms with van der Waals surface area (Å²) in [6.07, 6.45) is 4.42. The quantitative estimate of drug-likeness (QED) is 0.904. The van der Waals surface area contributed by atoms with Crippen molar-refractivity contribution in [1.29, 1.82) is 0 Å². The zero-order valence-electron chi connectivity index (χ0n) is 15.4. The van der Waals surface area contributed by atoms with Gasteiger partial charge in [-0.05, 0) is 49.9 Å². The highest BCUT2D eigenvalue weighted by Crippen LogP contribution is 2.32. The Morgan fingerprint density at radius 2 is 2.15 bits per heavy atom. The molecule has 1 fully saturated rings. The topological polar surface area (TPSA) is 71.5 Å². The standard InChI is InChI=1S/C21H23N3O3/c1-14-11-15-5-2-3-7-19(15)24(14)21(26)18-12-16(8-9-22-18)20(25)23-13-17-6-4-10-27-17/h2-3,5,7-9,12,14,17H,4,6,10-11,13H2,1H3,(H,23,25). The normalized spacial score (nSPS) is 21.1. The van der Waals surface area contributed by atoms with Crippen LogP contribution in [0.15, 0.2) is 42.6 Å². The number of benzene rings is 1. The van der Waals surface area contributed by atoms with Crippen LogP contribution >= 0.6 is 0 Å². The first kappa shape index (κ1) is 17.7. The van der Waals surface area contributed by atoms with E-state index in [1.165, 1.54) is 6.20 Å². The molecule has 1 N–H and O–H groups in total. The fraction of sp³-hybridized carbons (Fsp3) is 0.381. The molecule has 2 amide bonds. The summed E-state index contributed by atoms with van der Waals surface area (Å²) in [6, 6.07) is 11.2. The third kappa shape index (κ3) is 3.57. The molecule has 3 heterocycles. The van der Waals surface area contributed by atoms with E-state index in [1.807, 2.05) is 31.2 Å². The Morgan fingerprint density at radius 1 is 1.30 bits per heavy atom. The summed E-state index contributed by atoms with van der Waals surface area (Å²) < 4.78 is 5.53. The zero-order valence-corrected chi connectivity index (χ0v) is 15.4. The van der Waals surface area contributed by atoms with Crippen LogP contribution < -0.4 is 10.2 Å². The molecule has 6 heteroatoms. The average Bonchev–Trinajstić information content (AvgIpc) is 3.32. The number of hydrogen-bond acceptors (Lipinski definition) is 4. The predicted molar refractivity (Wildman–Crippen MR) is 102 cm³/mol. The minimum absolute atomic E-state index is 0.0636. The van der Waals surface area contributed by atoms with Gasteiger partial charge in [-0.25, -0.2) is 0 Å². The summed E-state index contributed by atoms with van der Waals surface area (Å²) in [5.41, 5.74) is 2.80. The molecule has 4 rings (SSSR count). The molecular formula is C21H23N3O3. The number of para-hydroxylation sites is 1. The van der Waals surface area contributed by atoms with Crippen LogP contribution in [0.1, 0.15) is 46.2 Å². The molecular weight excluding hydrogens is 342 g/mol. The van der Waals surface area contributed by atoms with Crippen LogP contribution in [0.4, 0.5) is 5.69 Å². The number of anilines is 1. The predicted octanol–water partition coefficient (Wildman–Crippen LogP) is 2.58. The van der Waals surface area contributed by atoms with Gasteiger partial charge in [0.2, 0.25) is 0 Å². The molecule has 1 aromatic carbocycles. The van der Waals surface area contributed by atoms with Crippen molar-refractivity contribution >= 4 is 17.5 Å². The maximum absolute atomic E-state index is 13.1. The largest absolute Gasteiger partial charge is 0.376 e. The van der Waals surface area contributed by atoms with Gasteiger partial charge in [0, 0.05) is 36.6 Å². The first-order valence-corrected chi connectivity index (χ1v) is 9.41. The Morgan fingerprint density at radius 3 is 2.96 bits per heavy atom. The Kier molecular flexibility index (Phi) is 4.90. The number of aromatic nitrogens is 1. The van der Waals surface area contributed by atoms with Gasteiger partial charge < -0.3 is 15.0 Å². The van der Waals surface area contributed by atoms with Crippen LogP contribution in [0, 0.1) is 0 Å². The van der Waals surface area contributed by atoms with Crippen molar-refractivity contribution in [2.75, 3.05) is 18.1 Å². The zero-order chi connectivity index (χ0) is 18.8. The third-order valence-corrected chi connectivity index (χ3v) is 5.18. The molecule has 140 valence electrons. The number of fused-ring (bicyclic) bond motifs is 1. The van der Waals surface area contributed by atoms with E-state index in [2.05, 4.69) is 10.3 Å². The summed E-state index contributed by atoms with van der Waals surface area (Å²) >= 11 is 0. The SMILES string of the molecule is CC1Cc2ccccc2N1C(=O)c1cc(C(=O)NCC2CCCO2)ccn1. The molecule has 1 saturated heterocycles. The maximum Gasteiger partial charge on any atom is 0.277 e. The van der Waals surface area contributed by atoms with Crippen LogP contribution in [0.2, 0.25) is 0 Å². The van der Waals surface area contributed by atoms with Crippen LogP contribution in [0.5, 0.6) is 0 Å². The van der Waals surface area contributed by atoms with Crippen molar-refractivity contribution in [2.24, 2.45) is 0 Å². The number of nitrogens with zero attached hydrogens (tertiary/aromatic N) is 2. The van der Waals surface area contributed by atoms with Crippen LogP contribution in [-0.4, -0.2) is 42.1 Å². The maximum atomic E-state index is 13.1. The third-order valence-electron chi connectivity index (χ3n) is 5.18. The van der Waals surface area contributed by atoms with E-state index in [-0.39, 0.29) is 29.7 Å². The van der Waals surface area contributed by atoms with Crippen molar-refractivity contribution < 1.29 is 14.3 Å². The number of pyridine rings is 1. The van der Waals surface area contributed by atoms with Gasteiger partial charge in [0.15, 0.2) is 0 Å². The molecule has 6 nitrogen and oxygen atoms in total. The van der Waals surface area contributed by atoms with Crippen molar-refractivity contribution in [3.63, 3.8) is 0 Å². The van der Waals surface area contributed by atoms with Gasteiger partial charge in [-0.3, -0.25) is 14.6 Å². The van der Waals surface area contributed by atoms with Gasteiger partial charge in [-0.2, -0.15) is 0 Å². The van der Waals surface area contributed by atoms with E-state index < -0.39 is 0 Å². The number of rotatable bonds is 4. The highest BCUT2D eigenvalue weighted by Gasteiger charge is 2.32. The van der Waals surface area contributed by atoms with Crippen LogP contribution in [0.25, 0.3) is 0 Å². The van der Waals surface area contributed by atoms with E-state index in [0.29, 0.717) is 12.1 Å². The number of nitrogens with one attached hydrogen (secondary N) is 1. The fourth-order valence-corrected chi connectivity index (χ4v) is 3.80. The Bertz CT molecular complexity index is 861.